The second kappa shape index (κ2) is 7.06. The number of nitrogens with zero attached hydrogens (tertiary/aromatic N) is 2. The molecule has 15 heavy (non-hydrogen) atoms. The van der Waals surface area contributed by atoms with Crippen molar-refractivity contribution in [3.05, 3.63) is 5.82 Å². The standard InChI is InChI=1S/C10H19N3S2/c1-4-9-12-10(15-13-9)11-8(3)6-7-14-5-2/h8H,4-7H2,1-3H3,(H,11,12,13). The molecular weight excluding hydrogens is 226 g/mol. The van der Waals surface area contributed by atoms with Gasteiger partial charge >= 0.3 is 0 Å². The summed E-state index contributed by atoms with van der Waals surface area (Å²) < 4.78 is 4.25. The average Bonchev–Trinajstić information content (AvgIpc) is 2.66. The Hall–Kier alpha value is -0.290. The van der Waals surface area contributed by atoms with Crippen LogP contribution in [0.15, 0.2) is 0 Å². The third kappa shape index (κ3) is 4.84. The maximum Gasteiger partial charge on any atom is 0.202 e. The summed E-state index contributed by atoms with van der Waals surface area (Å²) >= 11 is 3.45. The van der Waals surface area contributed by atoms with Gasteiger partial charge in [-0.25, -0.2) is 4.98 Å². The molecule has 0 aliphatic heterocycles. The Balaban J connectivity index is 2.27. The minimum Gasteiger partial charge on any atom is -0.358 e. The van der Waals surface area contributed by atoms with Gasteiger partial charge in [0, 0.05) is 24.0 Å². The van der Waals surface area contributed by atoms with Gasteiger partial charge in [-0.2, -0.15) is 16.1 Å². The van der Waals surface area contributed by atoms with Gasteiger partial charge in [0.25, 0.3) is 0 Å². The maximum absolute atomic E-state index is 4.39. The molecule has 3 nitrogen and oxygen atoms in total. The van der Waals surface area contributed by atoms with Crippen LogP contribution in [0.2, 0.25) is 0 Å². The molecule has 86 valence electrons. The van der Waals surface area contributed by atoms with Crippen LogP contribution in [0.25, 0.3) is 0 Å². The summed E-state index contributed by atoms with van der Waals surface area (Å²) in [4.78, 5) is 4.39. The molecule has 1 N–H and O–H groups in total. The van der Waals surface area contributed by atoms with Crippen LogP contribution in [-0.2, 0) is 6.42 Å². The van der Waals surface area contributed by atoms with Gasteiger partial charge in [0.1, 0.15) is 5.82 Å². The van der Waals surface area contributed by atoms with E-state index in [0.29, 0.717) is 6.04 Å². The number of rotatable bonds is 7. The summed E-state index contributed by atoms with van der Waals surface area (Å²) in [7, 11) is 0. The molecule has 1 aromatic heterocycles. The number of aryl methyl sites for hydroxylation is 1. The monoisotopic (exact) mass is 245 g/mol. The number of hydrogen-bond acceptors (Lipinski definition) is 5. The summed E-state index contributed by atoms with van der Waals surface area (Å²) in [6.45, 7) is 6.47. The third-order valence-corrected chi connectivity index (χ3v) is 3.67. The van der Waals surface area contributed by atoms with Crippen molar-refractivity contribution in [3.8, 4) is 0 Å². The molecule has 1 atom stereocenters. The van der Waals surface area contributed by atoms with Gasteiger partial charge in [-0.15, -0.1) is 0 Å². The quantitative estimate of drug-likeness (QED) is 0.749. The Morgan fingerprint density at radius 1 is 1.47 bits per heavy atom. The van der Waals surface area contributed by atoms with Gasteiger partial charge < -0.3 is 5.32 Å². The molecule has 1 unspecified atom stereocenters. The van der Waals surface area contributed by atoms with E-state index < -0.39 is 0 Å². The average molecular weight is 245 g/mol. The van der Waals surface area contributed by atoms with Crippen LogP contribution >= 0.6 is 23.3 Å². The Morgan fingerprint density at radius 3 is 2.87 bits per heavy atom. The van der Waals surface area contributed by atoms with Crippen LogP contribution in [0.1, 0.15) is 33.0 Å². The molecule has 5 heteroatoms. The maximum atomic E-state index is 4.39. The van der Waals surface area contributed by atoms with Crippen molar-refractivity contribution in [2.45, 2.75) is 39.7 Å². The fraction of sp³-hybridized carbons (Fsp3) is 0.800. The minimum atomic E-state index is 0.488. The fourth-order valence-corrected chi connectivity index (χ4v) is 2.71. The van der Waals surface area contributed by atoms with Gasteiger partial charge in [0.2, 0.25) is 5.13 Å². The first-order chi connectivity index (χ1) is 7.26. The van der Waals surface area contributed by atoms with Crippen molar-refractivity contribution in [1.82, 2.24) is 9.36 Å². The van der Waals surface area contributed by atoms with Crippen LogP contribution in [-0.4, -0.2) is 26.9 Å². The Morgan fingerprint density at radius 2 is 2.27 bits per heavy atom. The molecule has 0 aromatic carbocycles. The molecule has 0 saturated heterocycles. The van der Waals surface area contributed by atoms with Crippen molar-refractivity contribution < 1.29 is 0 Å². The number of nitrogens with one attached hydrogen (secondary N) is 1. The summed E-state index contributed by atoms with van der Waals surface area (Å²) in [6, 6.07) is 0.488. The Bertz CT molecular complexity index is 275. The minimum absolute atomic E-state index is 0.488. The molecule has 0 amide bonds. The molecule has 0 spiro atoms. The lowest BCUT2D eigenvalue weighted by atomic mass is 10.3. The SMILES string of the molecule is CCSCCC(C)Nc1nc(CC)ns1. The van der Waals surface area contributed by atoms with E-state index in [2.05, 4.69) is 35.4 Å². The lowest BCUT2D eigenvalue weighted by molar-refractivity contribution is 0.769. The van der Waals surface area contributed by atoms with E-state index in [1.165, 1.54) is 29.5 Å². The first-order valence-electron chi connectivity index (χ1n) is 5.43. The second-order valence-electron chi connectivity index (χ2n) is 3.40. The van der Waals surface area contributed by atoms with Crippen molar-refractivity contribution in [2.75, 3.05) is 16.8 Å². The summed E-state index contributed by atoms with van der Waals surface area (Å²) in [5.74, 6) is 3.35. The molecule has 1 rings (SSSR count). The predicted octanol–water partition coefficient (Wildman–Crippen LogP) is 3.04. The summed E-state index contributed by atoms with van der Waals surface area (Å²) in [6.07, 6.45) is 2.10. The van der Waals surface area contributed by atoms with E-state index in [4.69, 9.17) is 0 Å². The van der Waals surface area contributed by atoms with E-state index in [0.717, 1.165) is 17.4 Å². The van der Waals surface area contributed by atoms with E-state index in [9.17, 15) is 0 Å². The predicted molar refractivity (Wildman–Crippen MR) is 70.0 cm³/mol. The summed E-state index contributed by atoms with van der Waals surface area (Å²) in [5.41, 5.74) is 0. The molecule has 0 saturated carbocycles. The van der Waals surface area contributed by atoms with Crippen LogP contribution in [0.3, 0.4) is 0 Å². The lowest BCUT2D eigenvalue weighted by Gasteiger charge is -2.11. The normalized spacial score (nSPS) is 12.7. The number of aromatic nitrogens is 2. The van der Waals surface area contributed by atoms with E-state index in [-0.39, 0.29) is 0 Å². The smallest absolute Gasteiger partial charge is 0.202 e. The van der Waals surface area contributed by atoms with Gasteiger partial charge in [-0.05, 0) is 24.9 Å². The molecule has 0 aliphatic carbocycles. The molecule has 0 radical (unpaired) electrons. The number of thioether (sulfide) groups is 1. The van der Waals surface area contributed by atoms with E-state index >= 15 is 0 Å². The molecule has 0 aliphatic rings. The Kier molecular flexibility index (Phi) is 6.02. The summed E-state index contributed by atoms with van der Waals surface area (Å²) in [5, 5.41) is 4.35. The van der Waals surface area contributed by atoms with Crippen LogP contribution < -0.4 is 5.32 Å². The molecular formula is C10H19N3S2. The first kappa shape index (κ1) is 12.8. The first-order valence-corrected chi connectivity index (χ1v) is 7.36. The zero-order valence-corrected chi connectivity index (χ0v) is 11.2. The fourth-order valence-electron chi connectivity index (χ4n) is 1.14. The van der Waals surface area contributed by atoms with Crippen molar-refractivity contribution in [2.24, 2.45) is 0 Å². The highest BCUT2D eigenvalue weighted by Crippen LogP contribution is 2.14. The van der Waals surface area contributed by atoms with Crippen molar-refractivity contribution in [3.63, 3.8) is 0 Å². The van der Waals surface area contributed by atoms with Crippen molar-refractivity contribution >= 4 is 28.4 Å². The van der Waals surface area contributed by atoms with Crippen molar-refractivity contribution in [1.29, 1.82) is 0 Å². The van der Waals surface area contributed by atoms with Gasteiger partial charge in [-0.3, -0.25) is 0 Å². The van der Waals surface area contributed by atoms with Crippen LogP contribution in [0, 0.1) is 0 Å². The zero-order valence-electron chi connectivity index (χ0n) is 9.62. The zero-order chi connectivity index (χ0) is 11.1. The highest BCUT2D eigenvalue weighted by atomic mass is 32.2. The third-order valence-electron chi connectivity index (χ3n) is 2.05. The lowest BCUT2D eigenvalue weighted by Crippen LogP contribution is -2.15. The highest BCUT2D eigenvalue weighted by Gasteiger charge is 2.06. The number of hydrogen-bond donors (Lipinski definition) is 1. The van der Waals surface area contributed by atoms with Gasteiger partial charge in [-0.1, -0.05) is 13.8 Å². The molecule has 1 heterocycles. The van der Waals surface area contributed by atoms with E-state index in [1.54, 1.807) is 0 Å². The van der Waals surface area contributed by atoms with E-state index in [1.807, 2.05) is 11.8 Å². The largest absolute Gasteiger partial charge is 0.358 e. The number of anilines is 1. The van der Waals surface area contributed by atoms with Crippen LogP contribution in [0.4, 0.5) is 5.13 Å². The topological polar surface area (TPSA) is 37.8 Å². The van der Waals surface area contributed by atoms with Gasteiger partial charge in [0.15, 0.2) is 0 Å². The van der Waals surface area contributed by atoms with Crippen LogP contribution in [0.5, 0.6) is 0 Å². The second-order valence-corrected chi connectivity index (χ2v) is 5.55. The Labute approximate surface area is 100 Å². The van der Waals surface area contributed by atoms with Gasteiger partial charge in [0.05, 0.1) is 0 Å². The highest BCUT2D eigenvalue weighted by molar-refractivity contribution is 7.99. The molecule has 1 aromatic rings. The molecule has 0 bridgehead atoms. The molecule has 0 fully saturated rings.